The van der Waals surface area contributed by atoms with Crippen LogP contribution in [0.25, 0.3) is 0 Å². The Morgan fingerprint density at radius 1 is 1.38 bits per heavy atom. The van der Waals surface area contributed by atoms with Crippen molar-refractivity contribution in [3.63, 3.8) is 0 Å². The smallest absolute Gasteiger partial charge is 0.275 e. The van der Waals surface area contributed by atoms with Crippen LogP contribution in [0.5, 0.6) is 0 Å². The minimum absolute atomic E-state index is 0.0219. The minimum Gasteiger partial charge on any atom is -0.275 e. The quantitative estimate of drug-likeness (QED) is 0.657. The number of nitrogens with one attached hydrogen (secondary N) is 1. The molecule has 1 N–H and O–H groups in total. The first kappa shape index (κ1) is 15.1. The molecule has 0 radical (unpaired) electrons. The van der Waals surface area contributed by atoms with E-state index in [-0.39, 0.29) is 11.4 Å². The maximum Gasteiger partial charge on any atom is 0.289 e. The molecule has 0 spiro atoms. The second-order valence-corrected chi connectivity index (χ2v) is 6.20. The van der Waals surface area contributed by atoms with Crippen molar-refractivity contribution in [1.29, 1.82) is 0 Å². The summed E-state index contributed by atoms with van der Waals surface area (Å²) < 4.78 is 28.3. The van der Waals surface area contributed by atoms with Crippen LogP contribution in [0.15, 0.2) is 35.4 Å². The van der Waals surface area contributed by atoms with Crippen molar-refractivity contribution in [3.8, 4) is 0 Å². The van der Waals surface area contributed by atoms with E-state index in [9.17, 15) is 18.5 Å². The van der Waals surface area contributed by atoms with Crippen LogP contribution in [0.4, 0.5) is 5.69 Å². The van der Waals surface area contributed by atoms with E-state index in [0.29, 0.717) is 11.3 Å². The third-order valence-electron chi connectivity index (χ3n) is 2.92. The lowest BCUT2D eigenvalue weighted by atomic mass is 10.3. The number of nitro groups is 1. The average molecular weight is 310 g/mol. The van der Waals surface area contributed by atoms with Crippen molar-refractivity contribution in [2.24, 2.45) is 7.05 Å². The molecule has 0 bridgehead atoms. The molecule has 0 amide bonds. The molecular formula is C12H14N4O4S. The molecule has 8 nitrogen and oxygen atoms in total. The predicted octanol–water partition coefficient (Wildman–Crippen LogP) is 1.12. The number of para-hydroxylation sites is 1. The van der Waals surface area contributed by atoms with Crippen molar-refractivity contribution in [1.82, 2.24) is 14.5 Å². The van der Waals surface area contributed by atoms with Gasteiger partial charge < -0.3 is 0 Å². The first-order chi connectivity index (χ1) is 9.81. The van der Waals surface area contributed by atoms with Gasteiger partial charge in [-0.3, -0.25) is 14.8 Å². The zero-order chi connectivity index (χ0) is 15.6. The van der Waals surface area contributed by atoms with Crippen LogP contribution >= 0.6 is 0 Å². The summed E-state index contributed by atoms with van der Waals surface area (Å²) in [6, 6.07) is 5.22. The zero-order valence-corrected chi connectivity index (χ0v) is 12.3. The summed E-state index contributed by atoms with van der Waals surface area (Å²) in [7, 11) is -2.24. The first-order valence-corrected chi connectivity index (χ1v) is 7.52. The van der Waals surface area contributed by atoms with Gasteiger partial charge in [0.15, 0.2) is 4.90 Å². The Morgan fingerprint density at radius 2 is 2.05 bits per heavy atom. The highest BCUT2D eigenvalue weighted by atomic mass is 32.2. The monoisotopic (exact) mass is 310 g/mol. The van der Waals surface area contributed by atoms with Crippen molar-refractivity contribution in [3.05, 3.63) is 51.8 Å². The molecule has 2 aromatic rings. The number of hydrogen-bond acceptors (Lipinski definition) is 5. The molecule has 0 saturated carbocycles. The average Bonchev–Trinajstić information content (AvgIpc) is 2.75. The predicted molar refractivity (Wildman–Crippen MR) is 75.1 cm³/mol. The summed E-state index contributed by atoms with van der Waals surface area (Å²) in [5, 5.41) is 15.0. The number of sulfonamides is 1. The van der Waals surface area contributed by atoms with Gasteiger partial charge in [0.25, 0.3) is 5.69 Å². The number of rotatable bonds is 5. The summed E-state index contributed by atoms with van der Waals surface area (Å²) in [6.45, 7) is 1.78. The molecule has 21 heavy (non-hydrogen) atoms. The van der Waals surface area contributed by atoms with Gasteiger partial charge in [0.2, 0.25) is 10.0 Å². The number of aromatic nitrogens is 2. The molecular weight excluding hydrogens is 296 g/mol. The Bertz CT molecular complexity index is 782. The molecule has 9 heteroatoms. The molecule has 0 aliphatic rings. The fourth-order valence-electron chi connectivity index (χ4n) is 1.91. The van der Waals surface area contributed by atoms with Gasteiger partial charge in [-0.15, -0.1) is 0 Å². The lowest BCUT2D eigenvalue weighted by molar-refractivity contribution is -0.387. The summed E-state index contributed by atoms with van der Waals surface area (Å²) in [6.07, 6.45) is 1.69. The third kappa shape index (κ3) is 3.26. The molecule has 0 saturated heterocycles. The van der Waals surface area contributed by atoms with Gasteiger partial charge in [-0.05, 0) is 13.0 Å². The highest BCUT2D eigenvalue weighted by Gasteiger charge is 2.25. The third-order valence-corrected chi connectivity index (χ3v) is 4.37. The summed E-state index contributed by atoms with van der Waals surface area (Å²) in [5.41, 5.74) is 0.954. The largest absolute Gasteiger partial charge is 0.289 e. The fourth-order valence-corrected chi connectivity index (χ4v) is 3.08. The van der Waals surface area contributed by atoms with E-state index in [2.05, 4.69) is 9.82 Å². The van der Waals surface area contributed by atoms with Crippen LogP contribution in [0.1, 0.15) is 11.3 Å². The zero-order valence-electron chi connectivity index (χ0n) is 11.5. The van der Waals surface area contributed by atoms with E-state index in [1.165, 1.54) is 18.2 Å². The SMILES string of the molecule is Cc1nn(C)cc1CNS(=O)(=O)c1ccccc1[N+](=O)[O-]. The van der Waals surface area contributed by atoms with Crippen molar-refractivity contribution in [2.45, 2.75) is 18.4 Å². The van der Waals surface area contributed by atoms with E-state index < -0.39 is 20.6 Å². The lowest BCUT2D eigenvalue weighted by Gasteiger charge is -2.06. The molecule has 2 rings (SSSR count). The fraction of sp³-hybridized carbons (Fsp3) is 0.250. The van der Waals surface area contributed by atoms with Gasteiger partial charge in [0.05, 0.1) is 10.6 Å². The number of hydrogen-bond donors (Lipinski definition) is 1. The maximum absolute atomic E-state index is 12.2. The molecule has 112 valence electrons. The van der Waals surface area contributed by atoms with E-state index in [4.69, 9.17) is 0 Å². The van der Waals surface area contributed by atoms with Gasteiger partial charge in [-0.2, -0.15) is 5.10 Å². The van der Waals surface area contributed by atoms with Crippen LogP contribution < -0.4 is 4.72 Å². The second-order valence-electron chi connectivity index (χ2n) is 4.46. The van der Waals surface area contributed by atoms with Crippen molar-refractivity contribution >= 4 is 15.7 Å². The van der Waals surface area contributed by atoms with Gasteiger partial charge in [-0.25, -0.2) is 13.1 Å². The van der Waals surface area contributed by atoms with Crippen LogP contribution in [0, 0.1) is 17.0 Å². The topological polar surface area (TPSA) is 107 Å². The van der Waals surface area contributed by atoms with E-state index in [0.717, 1.165) is 6.07 Å². The minimum atomic E-state index is -3.97. The number of nitrogens with zero attached hydrogens (tertiary/aromatic N) is 3. The molecule has 1 heterocycles. The summed E-state index contributed by atoms with van der Waals surface area (Å²) >= 11 is 0. The van der Waals surface area contributed by atoms with Crippen LogP contribution in [-0.2, 0) is 23.6 Å². The summed E-state index contributed by atoms with van der Waals surface area (Å²) in [4.78, 5) is 9.83. The highest BCUT2D eigenvalue weighted by molar-refractivity contribution is 7.89. The molecule has 1 aromatic heterocycles. The van der Waals surface area contributed by atoms with Crippen LogP contribution in [-0.4, -0.2) is 23.1 Å². The number of aryl methyl sites for hydroxylation is 2. The Labute approximate surface area is 121 Å². The maximum atomic E-state index is 12.2. The lowest BCUT2D eigenvalue weighted by Crippen LogP contribution is -2.24. The number of benzene rings is 1. The molecule has 1 aromatic carbocycles. The molecule has 0 fully saturated rings. The standard InChI is InChI=1S/C12H14N4O4S/c1-9-10(8-15(2)14-9)7-13-21(19,20)12-6-4-3-5-11(12)16(17)18/h3-6,8,13H,7H2,1-2H3. The number of nitro benzene ring substituents is 1. The molecule has 0 unspecified atom stereocenters. The molecule has 0 aliphatic carbocycles. The van der Waals surface area contributed by atoms with Crippen LogP contribution in [0.3, 0.4) is 0 Å². The van der Waals surface area contributed by atoms with Crippen molar-refractivity contribution in [2.75, 3.05) is 0 Å². The van der Waals surface area contributed by atoms with Gasteiger partial charge in [-0.1, -0.05) is 12.1 Å². The van der Waals surface area contributed by atoms with Gasteiger partial charge in [0.1, 0.15) is 0 Å². The van der Waals surface area contributed by atoms with Crippen molar-refractivity contribution < 1.29 is 13.3 Å². The first-order valence-electron chi connectivity index (χ1n) is 6.03. The second kappa shape index (κ2) is 5.62. The Kier molecular flexibility index (Phi) is 4.05. The normalized spacial score (nSPS) is 11.5. The van der Waals surface area contributed by atoms with Gasteiger partial charge in [0, 0.05) is 31.4 Å². The van der Waals surface area contributed by atoms with E-state index in [1.54, 1.807) is 24.9 Å². The molecule has 0 atom stereocenters. The molecule has 0 aliphatic heterocycles. The highest BCUT2D eigenvalue weighted by Crippen LogP contribution is 2.22. The van der Waals surface area contributed by atoms with Gasteiger partial charge >= 0.3 is 0 Å². The van der Waals surface area contributed by atoms with Crippen LogP contribution in [0.2, 0.25) is 0 Å². The Hall–Kier alpha value is -2.26. The Morgan fingerprint density at radius 3 is 2.62 bits per heavy atom. The van der Waals surface area contributed by atoms with E-state index in [1.807, 2.05) is 0 Å². The summed E-state index contributed by atoms with van der Waals surface area (Å²) in [5.74, 6) is 0. The van der Waals surface area contributed by atoms with E-state index >= 15 is 0 Å². The Balaban J connectivity index is 2.27.